The van der Waals surface area contributed by atoms with Gasteiger partial charge in [-0.3, -0.25) is 9.59 Å². The highest BCUT2D eigenvalue weighted by molar-refractivity contribution is 6.03. The van der Waals surface area contributed by atoms with Crippen LogP contribution in [0.5, 0.6) is 0 Å². The maximum Gasteiger partial charge on any atom is 0.320 e. The molecule has 0 saturated carbocycles. The summed E-state index contributed by atoms with van der Waals surface area (Å²) in [5.41, 5.74) is 14.1. The van der Waals surface area contributed by atoms with Crippen molar-refractivity contribution in [1.29, 1.82) is 0 Å². The van der Waals surface area contributed by atoms with Crippen LogP contribution in [0.3, 0.4) is 0 Å². The highest BCUT2D eigenvalue weighted by Gasteiger charge is 2.20. The standard InChI is InChI=1S/C16H25N3O3/c1-4-19(5-2)13-8-6-11(17)15(10(13)3)14(20)9-7-12(18)16(21)22/h6,8,12H,4-5,7,9,17-18H2,1-3H3,(H,21,22). The average Bonchev–Trinajstić information content (AvgIpc) is 2.47. The van der Waals surface area contributed by atoms with Crippen molar-refractivity contribution in [3.63, 3.8) is 0 Å². The van der Waals surface area contributed by atoms with Crippen LogP contribution < -0.4 is 16.4 Å². The smallest absolute Gasteiger partial charge is 0.320 e. The van der Waals surface area contributed by atoms with Crippen molar-refractivity contribution in [3.8, 4) is 0 Å². The monoisotopic (exact) mass is 307 g/mol. The van der Waals surface area contributed by atoms with Gasteiger partial charge >= 0.3 is 5.97 Å². The molecule has 0 bridgehead atoms. The second-order valence-electron chi connectivity index (χ2n) is 5.25. The van der Waals surface area contributed by atoms with Crippen molar-refractivity contribution < 1.29 is 14.7 Å². The Morgan fingerprint density at radius 3 is 2.36 bits per heavy atom. The Bertz CT molecular complexity index is 554. The molecule has 122 valence electrons. The number of carboxylic acids is 1. The summed E-state index contributed by atoms with van der Waals surface area (Å²) in [6.45, 7) is 7.63. The van der Waals surface area contributed by atoms with E-state index in [-0.39, 0.29) is 18.6 Å². The summed E-state index contributed by atoms with van der Waals surface area (Å²) in [6, 6.07) is 2.61. The van der Waals surface area contributed by atoms with E-state index in [9.17, 15) is 9.59 Å². The van der Waals surface area contributed by atoms with Gasteiger partial charge in [-0.2, -0.15) is 0 Å². The molecule has 0 saturated heterocycles. The lowest BCUT2D eigenvalue weighted by Gasteiger charge is -2.25. The fourth-order valence-electron chi connectivity index (χ4n) is 2.53. The number of rotatable bonds is 8. The molecule has 0 heterocycles. The predicted octanol–water partition coefficient (Wildman–Crippen LogP) is 1.80. The third kappa shape index (κ3) is 3.98. The van der Waals surface area contributed by atoms with Gasteiger partial charge in [0, 0.05) is 36.4 Å². The lowest BCUT2D eigenvalue weighted by atomic mass is 9.96. The average molecular weight is 307 g/mol. The van der Waals surface area contributed by atoms with Gasteiger partial charge in [0.2, 0.25) is 0 Å². The summed E-state index contributed by atoms with van der Waals surface area (Å²) in [4.78, 5) is 25.3. The van der Waals surface area contributed by atoms with Crippen molar-refractivity contribution in [1.82, 2.24) is 0 Å². The second kappa shape index (κ2) is 7.79. The number of Topliss-reactive ketones (excluding diaryl/α,β-unsaturated/α-hetero) is 1. The molecule has 5 N–H and O–H groups in total. The molecule has 1 aromatic rings. The molecule has 0 aliphatic heterocycles. The normalized spacial score (nSPS) is 12.0. The van der Waals surface area contributed by atoms with E-state index in [1.165, 1.54) is 0 Å². The summed E-state index contributed by atoms with van der Waals surface area (Å²) in [5.74, 6) is -1.27. The van der Waals surface area contributed by atoms with E-state index in [1.54, 1.807) is 6.07 Å². The number of benzene rings is 1. The Balaban J connectivity index is 3.05. The molecule has 1 rings (SSSR count). The first-order valence-corrected chi connectivity index (χ1v) is 7.49. The van der Waals surface area contributed by atoms with Gasteiger partial charge in [0.1, 0.15) is 6.04 Å². The summed E-state index contributed by atoms with van der Waals surface area (Å²) >= 11 is 0. The van der Waals surface area contributed by atoms with E-state index < -0.39 is 12.0 Å². The van der Waals surface area contributed by atoms with Crippen molar-refractivity contribution in [2.24, 2.45) is 5.73 Å². The van der Waals surface area contributed by atoms with Gasteiger partial charge in [-0.05, 0) is 44.9 Å². The number of hydrogen-bond acceptors (Lipinski definition) is 5. The Labute approximate surface area is 131 Å². The SMILES string of the molecule is CCN(CC)c1ccc(N)c(C(=O)CCC(N)C(=O)O)c1C. The number of carboxylic acid groups (broad SMARTS) is 1. The molecule has 1 aromatic carbocycles. The Morgan fingerprint density at radius 1 is 1.27 bits per heavy atom. The number of nitrogen functional groups attached to an aromatic ring is 1. The predicted molar refractivity (Wildman–Crippen MR) is 88.3 cm³/mol. The molecule has 6 nitrogen and oxygen atoms in total. The Kier molecular flexibility index (Phi) is 6.37. The van der Waals surface area contributed by atoms with Gasteiger partial charge < -0.3 is 21.5 Å². The van der Waals surface area contributed by atoms with Crippen LogP contribution in [0, 0.1) is 6.92 Å². The number of carbonyl (C=O) groups is 2. The molecule has 0 fully saturated rings. The topological polar surface area (TPSA) is 110 Å². The molecule has 1 atom stereocenters. The van der Waals surface area contributed by atoms with Crippen LogP contribution in [0.25, 0.3) is 0 Å². The van der Waals surface area contributed by atoms with Crippen molar-refractivity contribution in [2.75, 3.05) is 23.7 Å². The van der Waals surface area contributed by atoms with Crippen LogP contribution in [-0.2, 0) is 4.79 Å². The minimum absolute atomic E-state index is 0.0697. The molecular weight excluding hydrogens is 282 g/mol. The van der Waals surface area contributed by atoms with Crippen LogP contribution in [0.2, 0.25) is 0 Å². The first-order valence-electron chi connectivity index (χ1n) is 7.49. The van der Waals surface area contributed by atoms with E-state index >= 15 is 0 Å². The summed E-state index contributed by atoms with van der Waals surface area (Å²) in [6.07, 6.45) is 0.169. The molecule has 6 heteroatoms. The number of nitrogens with two attached hydrogens (primary N) is 2. The number of hydrogen-bond donors (Lipinski definition) is 3. The molecule has 0 amide bonds. The van der Waals surface area contributed by atoms with Gasteiger partial charge in [-0.25, -0.2) is 0 Å². The molecule has 0 spiro atoms. The van der Waals surface area contributed by atoms with E-state index in [0.717, 1.165) is 24.3 Å². The molecule has 0 aliphatic carbocycles. The Morgan fingerprint density at radius 2 is 1.86 bits per heavy atom. The molecule has 0 radical (unpaired) electrons. The van der Waals surface area contributed by atoms with E-state index in [2.05, 4.69) is 4.90 Å². The fraction of sp³-hybridized carbons (Fsp3) is 0.500. The van der Waals surface area contributed by atoms with E-state index in [4.69, 9.17) is 16.6 Å². The molecule has 0 aliphatic rings. The van der Waals surface area contributed by atoms with Gasteiger partial charge in [-0.1, -0.05) is 0 Å². The number of ketones is 1. The lowest BCUT2D eigenvalue weighted by molar-refractivity contribution is -0.138. The summed E-state index contributed by atoms with van der Waals surface area (Å²) in [5, 5.41) is 8.79. The van der Waals surface area contributed by atoms with E-state index in [1.807, 2.05) is 26.8 Å². The van der Waals surface area contributed by atoms with Crippen LogP contribution in [0.1, 0.15) is 42.6 Å². The number of carbonyl (C=O) groups excluding carboxylic acids is 1. The highest BCUT2D eigenvalue weighted by atomic mass is 16.4. The number of nitrogens with zero attached hydrogens (tertiary/aromatic N) is 1. The van der Waals surface area contributed by atoms with Gasteiger partial charge in [-0.15, -0.1) is 0 Å². The van der Waals surface area contributed by atoms with Crippen LogP contribution in [0.4, 0.5) is 11.4 Å². The van der Waals surface area contributed by atoms with Crippen LogP contribution in [-0.4, -0.2) is 36.0 Å². The third-order valence-corrected chi connectivity index (χ3v) is 3.85. The molecule has 1 unspecified atom stereocenters. The fourth-order valence-corrected chi connectivity index (χ4v) is 2.53. The Hall–Kier alpha value is -2.08. The van der Waals surface area contributed by atoms with Gasteiger partial charge in [0.05, 0.1) is 0 Å². The maximum absolute atomic E-state index is 12.4. The zero-order valence-electron chi connectivity index (χ0n) is 13.4. The third-order valence-electron chi connectivity index (χ3n) is 3.85. The summed E-state index contributed by atoms with van der Waals surface area (Å²) in [7, 11) is 0. The van der Waals surface area contributed by atoms with Crippen molar-refractivity contribution in [3.05, 3.63) is 23.3 Å². The minimum Gasteiger partial charge on any atom is -0.480 e. The first-order chi connectivity index (χ1) is 10.3. The lowest BCUT2D eigenvalue weighted by Crippen LogP contribution is -2.30. The zero-order chi connectivity index (χ0) is 16.9. The number of anilines is 2. The van der Waals surface area contributed by atoms with Crippen LogP contribution in [0.15, 0.2) is 12.1 Å². The number of aliphatic carboxylic acids is 1. The summed E-state index contributed by atoms with van der Waals surface area (Å²) < 4.78 is 0. The first kappa shape index (κ1) is 18.0. The van der Waals surface area contributed by atoms with Gasteiger partial charge in [0.25, 0.3) is 0 Å². The van der Waals surface area contributed by atoms with Crippen molar-refractivity contribution in [2.45, 2.75) is 39.7 Å². The minimum atomic E-state index is -1.10. The zero-order valence-corrected chi connectivity index (χ0v) is 13.4. The quantitative estimate of drug-likeness (QED) is 0.499. The van der Waals surface area contributed by atoms with E-state index in [0.29, 0.717) is 11.3 Å². The van der Waals surface area contributed by atoms with Crippen molar-refractivity contribution >= 4 is 23.1 Å². The highest BCUT2D eigenvalue weighted by Crippen LogP contribution is 2.29. The molecule has 22 heavy (non-hydrogen) atoms. The second-order valence-corrected chi connectivity index (χ2v) is 5.25. The molecular formula is C16H25N3O3. The maximum atomic E-state index is 12.4. The largest absolute Gasteiger partial charge is 0.480 e. The van der Waals surface area contributed by atoms with Crippen LogP contribution >= 0.6 is 0 Å². The molecule has 0 aromatic heterocycles. The van der Waals surface area contributed by atoms with Gasteiger partial charge in [0.15, 0.2) is 5.78 Å².